The summed E-state index contributed by atoms with van der Waals surface area (Å²) in [5, 5.41) is 7.21. The van der Waals surface area contributed by atoms with E-state index in [-0.39, 0.29) is 17.8 Å². The third kappa shape index (κ3) is 3.53. The molecule has 3 rings (SSSR count). The van der Waals surface area contributed by atoms with Gasteiger partial charge in [-0.05, 0) is 42.5 Å². The second kappa shape index (κ2) is 6.73. The molecule has 1 saturated carbocycles. The molecule has 1 unspecified atom stereocenters. The molecular weight excluding hydrogens is 281 g/mol. The molecule has 0 bridgehead atoms. The third-order valence-corrected chi connectivity index (χ3v) is 4.29. The number of halogens is 1. The molecular formula is C17H20FN3O. The molecule has 2 aromatic rings. The summed E-state index contributed by atoms with van der Waals surface area (Å²) in [6.07, 6.45) is 7.37. The molecule has 1 heterocycles. The zero-order valence-corrected chi connectivity index (χ0v) is 12.4. The highest BCUT2D eigenvalue weighted by atomic mass is 19.1. The van der Waals surface area contributed by atoms with E-state index in [0.29, 0.717) is 18.9 Å². The van der Waals surface area contributed by atoms with Crippen molar-refractivity contribution < 1.29 is 9.18 Å². The Balaban J connectivity index is 1.62. The first-order chi connectivity index (χ1) is 10.7. The fraction of sp³-hybridized carbons (Fsp3) is 0.412. The van der Waals surface area contributed by atoms with E-state index >= 15 is 0 Å². The first-order valence-electron chi connectivity index (χ1n) is 7.74. The minimum Gasteiger partial charge on any atom is -0.349 e. The number of carbonyl (C=O) groups is 1. The van der Waals surface area contributed by atoms with Crippen LogP contribution in [0, 0.1) is 11.7 Å². The Morgan fingerprint density at radius 3 is 2.73 bits per heavy atom. The van der Waals surface area contributed by atoms with Crippen molar-refractivity contribution in [2.45, 2.75) is 38.3 Å². The van der Waals surface area contributed by atoms with Crippen molar-refractivity contribution in [3.63, 3.8) is 0 Å². The zero-order valence-electron chi connectivity index (χ0n) is 12.4. The Morgan fingerprint density at radius 2 is 2.14 bits per heavy atom. The van der Waals surface area contributed by atoms with E-state index in [2.05, 4.69) is 10.4 Å². The van der Waals surface area contributed by atoms with E-state index in [1.165, 1.54) is 18.6 Å². The lowest BCUT2D eigenvalue weighted by Gasteiger charge is -2.34. The molecule has 1 N–H and O–H groups in total. The number of aromatic nitrogens is 2. The van der Waals surface area contributed by atoms with Crippen LogP contribution in [0.5, 0.6) is 0 Å². The number of rotatable bonds is 6. The normalized spacial score (nSPS) is 16.0. The Hall–Kier alpha value is -2.17. The Kier molecular flexibility index (Phi) is 4.51. The van der Waals surface area contributed by atoms with Crippen LogP contribution in [-0.4, -0.2) is 15.7 Å². The molecule has 5 heteroatoms. The number of nitrogens with one attached hydrogen (secondary N) is 1. The summed E-state index contributed by atoms with van der Waals surface area (Å²) in [5.41, 5.74) is 0.985. The quantitative estimate of drug-likeness (QED) is 0.891. The summed E-state index contributed by atoms with van der Waals surface area (Å²) in [6, 6.07) is 8.28. The maximum atomic E-state index is 13.1. The summed E-state index contributed by atoms with van der Waals surface area (Å²) in [7, 11) is 0. The van der Waals surface area contributed by atoms with Gasteiger partial charge in [0.15, 0.2) is 0 Å². The average Bonchev–Trinajstić information content (AvgIpc) is 2.97. The van der Waals surface area contributed by atoms with E-state index < -0.39 is 0 Å². The highest BCUT2D eigenvalue weighted by Crippen LogP contribution is 2.37. The molecule has 1 aromatic carbocycles. The van der Waals surface area contributed by atoms with Gasteiger partial charge in [-0.25, -0.2) is 4.39 Å². The molecule has 0 saturated heterocycles. The zero-order chi connectivity index (χ0) is 15.4. The smallest absolute Gasteiger partial charge is 0.222 e. The topological polar surface area (TPSA) is 46.9 Å². The van der Waals surface area contributed by atoms with E-state index in [1.807, 2.05) is 12.3 Å². The highest BCUT2D eigenvalue weighted by molar-refractivity contribution is 5.76. The molecule has 1 aliphatic carbocycles. The van der Waals surface area contributed by atoms with Gasteiger partial charge in [-0.2, -0.15) is 5.10 Å². The molecule has 0 spiro atoms. The van der Waals surface area contributed by atoms with Gasteiger partial charge in [0.25, 0.3) is 0 Å². The number of aryl methyl sites for hydroxylation is 1. The Labute approximate surface area is 129 Å². The molecule has 1 fully saturated rings. The lowest BCUT2D eigenvalue weighted by atomic mass is 9.77. The predicted molar refractivity (Wildman–Crippen MR) is 81.5 cm³/mol. The van der Waals surface area contributed by atoms with Gasteiger partial charge >= 0.3 is 0 Å². The van der Waals surface area contributed by atoms with Crippen LogP contribution in [0.4, 0.5) is 4.39 Å². The molecule has 0 aliphatic heterocycles. The van der Waals surface area contributed by atoms with Crippen LogP contribution < -0.4 is 5.32 Å². The van der Waals surface area contributed by atoms with E-state index in [9.17, 15) is 9.18 Å². The number of hydrogen-bond acceptors (Lipinski definition) is 2. The molecule has 0 radical (unpaired) electrons. The second-order valence-electron chi connectivity index (χ2n) is 5.81. The molecule has 116 valence electrons. The molecule has 1 aromatic heterocycles. The van der Waals surface area contributed by atoms with Crippen molar-refractivity contribution in [2.75, 3.05) is 0 Å². The fourth-order valence-corrected chi connectivity index (χ4v) is 2.81. The van der Waals surface area contributed by atoms with E-state index in [0.717, 1.165) is 18.4 Å². The van der Waals surface area contributed by atoms with Gasteiger partial charge in [-0.15, -0.1) is 0 Å². The van der Waals surface area contributed by atoms with Crippen LogP contribution in [-0.2, 0) is 11.3 Å². The molecule has 1 aliphatic rings. The monoisotopic (exact) mass is 301 g/mol. The molecule has 22 heavy (non-hydrogen) atoms. The number of amides is 1. The van der Waals surface area contributed by atoms with Gasteiger partial charge in [-0.1, -0.05) is 18.6 Å². The van der Waals surface area contributed by atoms with Crippen LogP contribution in [0.1, 0.15) is 37.3 Å². The molecule has 1 amide bonds. The first-order valence-corrected chi connectivity index (χ1v) is 7.74. The number of hydrogen-bond donors (Lipinski definition) is 1. The standard InChI is InChI=1S/C17H20FN3O/c18-15-7-5-14(6-8-15)17(13-3-1-4-13)20-16(22)9-12-21-11-2-10-19-21/h2,5-8,10-11,13,17H,1,3-4,9,12H2,(H,20,22). The van der Waals surface area contributed by atoms with Crippen molar-refractivity contribution in [2.24, 2.45) is 5.92 Å². The number of nitrogens with zero attached hydrogens (tertiary/aromatic N) is 2. The minimum atomic E-state index is -0.249. The number of benzene rings is 1. The van der Waals surface area contributed by atoms with Crippen molar-refractivity contribution in [3.05, 3.63) is 54.1 Å². The van der Waals surface area contributed by atoms with E-state index in [1.54, 1.807) is 23.0 Å². The lowest BCUT2D eigenvalue weighted by molar-refractivity contribution is -0.122. The van der Waals surface area contributed by atoms with Crippen LogP contribution in [0.2, 0.25) is 0 Å². The molecule has 1 atom stereocenters. The maximum absolute atomic E-state index is 13.1. The summed E-state index contributed by atoms with van der Waals surface area (Å²) in [4.78, 5) is 12.2. The maximum Gasteiger partial charge on any atom is 0.222 e. The summed E-state index contributed by atoms with van der Waals surface area (Å²) in [5.74, 6) is 0.219. The van der Waals surface area contributed by atoms with Crippen molar-refractivity contribution in [1.29, 1.82) is 0 Å². The number of carbonyl (C=O) groups excluding carboxylic acids is 1. The van der Waals surface area contributed by atoms with Gasteiger partial charge < -0.3 is 5.32 Å². The van der Waals surface area contributed by atoms with Gasteiger partial charge in [-0.3, -0.25) is 9.48 Å². The Bertz CT molecular complexity index is 605. The second-order valence-corrected chi connectivity index (χ2v) is 5.81. The van der Waals surface area contributed by atoms with Gasteiger partial charge in [0.2, 0.25) is 5.91 Å². The van der Waals surface area contributed by atoms with Crippen LogP contribution in [0.15, 0.2) is 42.7 Å². The fourth-order valence-electron chi connectivity index (χ4n) is 2.81. The van der Waals surface area contributed by atoms with Crippen molar-refractivity contribution >= 4 is 5.91 Å². The van der Waals surface area contributed by atoms with Crippen LogP contribution >= 0.6 is 0 Å². The summed E-state index contributed by atoms with van der Waals surface area (Å²) in [6.45, 7) is 0.569. The SMILES string of the molecule is O=C(CCn1cccn1)NC(c1ccc(F)cc1)C1CCC1. The van der Waals surface area contributed by atoms with Crippen molar-refractivity contribution in [1.82, 2.24) is 15.1 Å². The van der Waals surface area contributed by atoms with Crippen LogP contribution in [0.3, 0.4) is 0 Å². The summed E-state index contributed by atoms with van der Waals surface area (Å²) < 4.78 is 14.8. The minimum absolute atomic E-state index is 0.0109. The first kappa shape index (κ1) is 14.8. The van der Waals surface area contributed by atoms with Gasteiger partial charge in [0, 0.05) is 25.4 Å². The van der Waals surface area contributed by atoms with E-state index in [4.69, 9.17) is 0 Å². The summed E-state index contributed by atoms with van der Waals surface area (Å²) >= 11 is 0. The highest BCUT2D eigenvalue weighted by Gasteiger charge is 2.29. The lowest BCUT2D eigenvalue weighted by Crippen LogP contribution is -2.36. The molecule has 4 nitrogen and oxygen atoms in total. The predicted octanol–water partition coefficient (Wildman–Crippen LogP) is 3.07. The van der Waals surface area contributed by atoms with Gasteiger partial charge in [0.05, 0.1) is 6.04 Å². The van der Waals surface area contributed by atoms with Gasteiger partial charge in [0.1, 0.15) is 5.82 Å². The third-order valence-electron chi connectivity index (χ3n) is 4.29. The van der Waals surface area contributed by atoms with Crippen LogP contribution in [0.25, 0.3) is 0 Å². The Morgan fingerprint density at radius 1 is 1.36 bits per heavy atom. The average molecular weight is 301 g/mol. The van der Waals surface area contributed by atoms with Crippen molar-refractivity contribution in [3.8, 4) is 0 Å². The largest absolute Gasteiger partial charge is 0.349 e.